The Morgan fingerprint density at radius 1 is 1.47 bits per heavy atom. The molecule has 0 unspecified atom stereocenters. The van der Waals surface area contributed by atoms with Crippen LogP contribution in [-0.4, -0.2) is 33.6 Å². The van der Waals surface area contributed by atoms with Gasteiger partial charge in [0.1, 0.15) is 0 Å². The molecule has 3 rings (SSSR count). The van der Waals surface area contributed by atoms with Gasteiger partial charge in [0.15, 0.2) is 0 Å². The average Bonchev–Trinajstić information content (AvgIpc) is 2.88. The van der Waals surface area contributed by atoms with Crippen LogP contribution in [0.4, 0.5) is 6.01 Å². The zero-order valence-electron chi connectivity index (χ0n) is 9.78. The molecule has 0 spiro atoms. The third kappa shape index (κ3) is 2.30. The fourth-order valence-corrected chi connectivity index (χ4v) is 1.66. The van der Waals surface area contributed by atoms with Crippen LogP contribution in [-0.2, 0) is 6.54 Å². The summed E-state index contributed by atoms with van der Waals surface area (Å²) in [5.41, 5.74) is 0. The Labute approximate surface area is 99.2 Å². The first-order chi connectivity index (χ1) is 8.33. The lowest BCUT2D eigenvalue weighted by Gasteiger charge is -2.13. The van der Waals surface area contributed by atoms with Crippen molar-refractivity contribution in [3.05, 3.63) is 24.4 Å². The summed E-state index contributed by atoms with van der Waals surface area (Å²) in [6.07, 6.45) is 6.08. The number of hydrogen-bond donors (Lipinski definition) is 0. The molecule has 0 saturated heterocycles. The van der Waals surface area contributed by atoms with Crippen LogP contribution in [0.3, 0.4) is 0 Å². The molecular formula is C11H15N5O. The zero-order chi connectivity index (χ0) is 11.7. The minimum absolute atomic E-state index is 0.510. The SMILES string of the molecule is CN(CCn1cccn1)c1nnc(C2CC2)o1. The van der Waals surface area contributed by atoms with Gasteiger partial charge in [-0.1, -0.05) is 5.10 Å². The van der Waals surface area contributed by atoms with Crippen LogP contribution in [0.1, 0.15) is 24.7 Å². The van der Waals surface area contributed by atoms with Gasteiger partial charge in [0, 0.05) is 31.9 Å². The summed E-state index contributed by atoms with van der Waals surface area (Å²) < 4.78 is 7.50. The molecule has 1 aliphatic rings. The highest BCUT2D eigenvalue weighted by molar-refractivity contribution is 5.22. The zero-order valence-corrected chi connectivity index (χ0v) is 9.78. The summed E-state index contributed by atoms with van der Waals surface area (Å²) in [6, 6.07) is 2.51. The quantitative estimate of drug-likeness (QED) is 0.778. The Kier molecular flexibility index (Phi) is 2.55. The second kappa shape index (κ2) is 4.20. The van der Waals surface area contributed by atoms with Gasteiger partial charge in [0.2, 0.25) is 5.89 Å². The van der Waals surface area contributed by atoms with E-state index in [9.17, 15) is 0 Å². The smallest absolute Gasteiger partial charge is 0.317 e. The van der Waals surface area contributed by atoms with E-state index in [2.05, 4.69) is 15.3 Å². The van der Waals surface area contributed by atoms with Crippen molar-refractivity contribution >= 4 is 6.01 Å². The lowest BCUT2D eigenvalue weighted by molar-refractivity contribution is 0.484. The summed E-state index contributed by atoms with van der Waals surface area (Å²) in [5, 5.41) is 12.3. The summed E-state index contributed by atoms with van der Waals surface area (Å²) in [6.45, 7) is 1.61. The van der Waals surface area contributed by atoms with E-state index in [1.165, 1.54) is 12.8 Å². The predicted molar refractivity (Wildman–Crippen MR) is 61.8 cm³/mol. The highest BCUT2D eigenvalue weighted by Crippen LogP contribution is 2.39. The van der Waals surface area contributed by atoms with Gasteiger partial charge in [-0.25, -0.2) is 0 Å². The molecule has 1 fully saturated rings. The molecular weight excluding hydrogens is 218 g/mol. The minimum Gasteiger partial charge on any atom is -0.408 e. The molecule has 2 heterocycles. The summed E-state index contributed by atoms with van der Waals surface area (Å²) in [5.74, 6) is 1.29. The van der Waals surface area contributed by atoms with Gasteiger partial charge in [-0.2, -0.15) is 5.10 Å². The fourth-order valence-electron chi connectivity index (χ4n) is 1.66. The first kappa shape index (κ1) is 10.3. The van der Waals surface area contributed by atoms with E-state index < -0.39 is 0 Å². The van der Waals surface area contributed by atoms with Gasteiger partial charge >= 0.3 is 6.01 Å². The van der Waals surface area contributed by atoms with Crippen LogP contribution in [0.5, 0.6) is 0 Å². The van der Waals surface area contributed by atoms with E-state index >= 15 is 0 Å². The van der Waals surface area contributed by atoms with E-state index in [4.69, 9.17) is 4.42 Å². The van der Waals surface area contributed by atoms with Gasteiger partial charge in [0.05, 0.1) is 6.54 Å². The van der Waals surface area contributed by atoms with Crippen LogP contribution < -0.4 is 4.90 Å². The van der Waals surface area contributed by atoms with Gasteiger partial charge in [-0.05, 0) is 18.9 Å². The van der Waals surface area contributed by atoms with Crippen molar-refractivity contribution in [2.75, 3.05) is 18.5 Å². The Bertz CT molecular complexity index is 474. The van der Waals surface area contributed by atoms with Crippen LogP contribution in [0.15, 0.2) is 22.9 Å². The Balaban J connectivity index is 1.58. The fraction of sp³-hybridized carbons (Fsp3) is 0.545. The molecule has 0 atom stereocenters. The second-order valence-electron chi connectivity index (χ2n) is 4.39. The van der Waals surface area contributed by atoms with E-state index in [-0.39, 0.29) is 0 Å². The van der Waals surface area contributed by atoms with Crippen molar-refractivity contribution in [1.29, 1.82) is 0 Å². The molecule has 90 valence electrons. The summed E-state index contributed by atoms with van der Waals surface area (Å²) in [4.78, 5) is 1.96. The molecule has 0 aliphatic heterocycles. The molecule has 6 heteroatoms. The van der Waals surface area contributed by atoms with Gasteiger partial charge < -0.3 is 9.32 Å². The molecule has 6 nitrogen and oxygen atoms in total. The predicted octanol–water partition coefficient (Wildman–Crippen LogP) is 1.28. The van der Waals surface area contributed by atoms with Crippen LogP contribution in [0.2, 0.25) is 0 Å². The molecule has 0 amide bonds. The third-order valence-corrected chi connectivity index (χ3v) is 2.91. The Hall–Kier alpha value is -1.85. The topological polar surface area (TPSA) is 60.0 Å². The standard InChI is InChI=1S/C11H15N5O/c1-15(7-8-16-6-2-5-12-16)11-14-13-10(17-11)9-3-4-9/h2,5-6,9H,3-4,7-8H2,1H3. The minimum atomic E-state index is 0.510. The highest BCUT2D eigenvalue weighted by Gasteiger charge is 2.29. The Morgan fingerprint density at radius 2 is 2.35 bits per heavy atom. The summed E-state index contributed by atoms with van der Waals surface area (Å²) in [7, 11) is 1.95. The lowest BCUT2D eigenvalue weighted by Crippen LogP contribution is -2.23. The molecule has 1 saturated carbocycles. The van der Waals surface area contributed by atoms with Crippen molar-refractivity contribution in [3.63, 3.8) is 0 Å². The van der Waals surface area contributed by atoms with E-state index in [1.807, 2.05) is 28.9 Å². The molecule has 17 heavy (non-hydrogen) atoms. The van der Waals surface area contributed by atoms with Crippen molar-refractivity contribution in [1.82, 2.24) is 20.0 Å². The monoisotopic (exact) mass is 233 g/mol. The van der Waals surface area contributed by atoms with Crippen LogP contribution >= 0.6 is 0 Å². The maximum absolute atomic E-state index is 5.61. The van der Waals surface area contributed by atoms with Crippen molar-refractivity contribution < 1.29 is 4.42 Å². The molecule has 0 aromatic carbocycles. The Morgan fingerprint density at radius 3 is 3.06 bits per heavy atom. The largest absolute Gasteiger partial charge is 0.408 e. The van der Waals surface area contributed by atoms with Crippen LogP contribution in [0, 0.1) is 0 Å². The number of hydrogen-bond acceptors (Lipinski definition) is 5. The highest BCUT2D eigenvalue weighted by atomic mass is 16.4. The second-order valence-corrected chi connectivity index (χ2v) is 4.39. The molecule has 0 bridgehead atoms. The normalized spacial score (nSPS) is 15.1. The van der Waals surface area contributed by atoms with E-state index in [0.29, 0.717) is 11.9 Å². The molecule has 0 radical (unpaired) electrons. The van der Waals surface area contributed by atoms with Crippen LogP contribution in [0.25, 0.3) is 0 Å². The molecule has 0 N–H and O–H groups in total. The van der Waals surface area contributed by atoms with Gasteiger partial charge in [-0.3, -0.25) is 4.68 Å². The number of rotatable bonds is 5. The maximum Gasteiger partial charge on any atom is 0.317 e. The maximum atomic E-state index is 5.61. The van der Waals surface area contributed by atoms with Crippen molar-refractivity contribution in [2.24, 2.45) is 0 Å². The number of aromatic nitrogens is 4. The van der Waals surface area contributed by atoms with E-state index in [0.717, 1.165) is 19.0 Å². The van der Waals surface area contributed by atoms with Crippen molar-refractivity contribution in [3.8, 4) is 0 Å². The molecule has 2 aromatic heterocycles. The average molecular weight is 233 g/mol. The number of anilines is 1. The molecule has 2 aromatic rings. The third-order valence-electron chi connectivity index (χ3n) is 2.91. The van der Waals surface area contributed by atoms with Gasteiger partial charge in [-0.15, -0.1) is 5.10 Å². The first-order valence-corrected chi connectivity index (χ1v) is 5.85. The molecule has 1 aliphatic carbocycles. The number of nitrogens with zero attached hydrogens (tertiary/aromatic N) is 5. The van der Waals surface area contributed by atoms with Crippen molar-refractivity contribution in [2.45, 2.75) is 25.3 Å². The van der Waals surface area contributed by atoms with E-state index in [1.54, 1.807) is 6.20 Å². The van der Waals surface area contributed by atoms with Gasteiger partial charge in [0.25, 0.3) is 0 Å². The summed E-state index contributed by atoms with van der Waals surface area (Å²) >= 11 is 0. The first-order valence-electron chi connectivity index (χ1n) is 5.85. The number of likely N-dealkylation sites (N-methyl/N-ethyl adjacent to an activating group) is 1. The lowest BCUT2D eigenvalue weighted by atomic mass is 10.4.